The highest BCUT2D eigenvalue weighted by atomic mass is 16.4. The number of nitrogens with one attached hydrogen (secondary N) is 1. The molecule has 108 valence electrons. The van der Waals surface area contributed by atoms with Gasteiger partial charge in [-0.3, -0.25) is 0 Å². The number of carbonyl (C=O) groups is 1. The van der Waals surface area contributed by atoms with Crippen molar-refractivity contribution >= 4 is 11.7 Å². The minimum Gasteiger partial charge on any atom is -0.478 e. The number of carboxylic acid groups (broad SMARTS) is 1. The van der Waals surface area contributed by atoms with Gasteiger partial charge in [-0.2, -0.15) is 0 Å². The van der Waals surface area contributed by atoms with Gasteiger partial charge >= 0.3 is 5.97 Å². The summed E-state index contributed by atoms with van der Waals surface area (Å²) in [7, 11) is 0. The van der Waals surface area contributed by atoms with Crippen LogP contribution in [0.4, 0.5) is 5.69 Å². The Morgan fingerprint density at radius 3 is 2.57 bits per heavy atom. The number of carboxylic acids is 1. The SMILES string of the molecule is CC1(C)Cc2cc(C(=O)O)ccc2NC1c1ccccc1. The number of hydrogen-bond acceptors (Lipinski definition) is 2. The summed E-state index contributed by atoms with van der Waals surface area (Å²) in [5.41, 5.74) is 3.74. The van der Waals surface area contributed by atoms with Crippen LogP contribution in [0.5, 0.6) is 0 Å². The third kappa shape index (κ3) is 2.51. The van der Waals surface area contributed by atoms with Gasteiger partial charge in [0, 0.05) is 5.69 Å². The van der Waals surface area contributed by atoms with E-state index < -0.39 is 5.97 Å². The van der Waals surface area contributed by atoms with Gasteiger partial charge in [0.05, 0.1) is 11.6 Å². The van der Waals surface area contributed by atoms with Crippen LogP contribution in [0.3, 0.4) is 0 Å². The second-order valence-corrected chi connectivity index (χ2v) is 6.33. The summed E-state index contributed by atoms with van der Waals surface area (Å²) in [6.45, 7) is 4.43. The molecule has 0 saturated carbocycles. The number of benzene rings is 2. The number of anilines is 1. The molecule has 1 aliphatic rings. The Labute approximate surface area is 124 Å². The van der Waals surface area contributed by atoms with Crippen LogP contribution in [0.15, 0.2) is 48.5 Å². The second-order valence-electron chi connectivity index (χ2n) is 6.33. The van der Waals surface area contributed by atoms with Crippen molar-refractivity contribution in [3.8, 4) is 0 Å². The van der Waals surface area contributed by atoms with Crippen LogP contribution in [0, 0.1) is 5.41 Å². The molecule has 1 aliphatic heterocycles. The summed E-state index contributed by atoms with van der Waals surface area (Å²) in [6, 6.07) is 15.9. The molecular weight excluding hydrogens is 262 g/mol. The van der Waals surface area contributed by atoms with Crippen LogP contribution in [-0.4, -0.2) is 11.1 Å². The van der Waals surface area contributed by atoms with Gasteiger partial charge < -0.3 is 10.4 Å². The van der Waals surface area contributed by atoms with Gasteiger partial charge in [0.2, 0.25) is 0 Å². The number of rotatable bonds is 2. The van der Waals surface area contributed by atoms with E-state index in [1.807, 2.05) is 12.1 Å². The van der Waals surface area contributed by atoms with Crippen molar-refractivity contribution in [1.29, 1.82) is 0 Å². The predicted octanol–water partition coefficient (Wildman–Crippen LogP) is 4.12. The molecule has 2 aromatic rings. The predicted molar refractivity (Wildman–Crippen MR) is 83.7 cm³/mol. The molecule has 0 radical (unpaired) electrons. The Kier molecular flexibility index (Phi) is 3.20. The van der Waals surface area contributed by atoms with E-state index in [9.17, 15) is 4.79 Å². The largest absolute Gasteiger partial charge is 0.478 e. The fraction of sp³-hybridized carbons (Fsp3) is 0.278. The van der Waals surface area contributed by atoms with Crippen molar-refractivity contribution < 1.29 is 9.90 Å². The van der Waals surface area contributed by atoms with Crippen molar-refractivity contribution in [1.82, 2.24) is 0 Å². The molecule has 3 rings (SSSR count). The van der Waals surface area contributed by atoms with Crippen molar-refractivity contribution in [3.05, 3.63) is 65.2 Å². The minimum absolute atomic E-state index is 0.0193. The van der Waals surface area contributed by atoms with E-state index in [-0.39, 0.29) is 11.5 Å². The fourth-order valence-corrected chi connectivity index (χ4v) is 3.14. The third-order valence-corrected chi connectivity index (χ3v) is 4.21. The fourth-order valence-electron chi connectivity index (χ4n) is 3.14. The van der Waals surface area contributed by atoms with Crippen LogP contribution in [0.1, 0.15) is 41.4 Å². The minimum atomic E-state index is -0.874. The van der Waals surface area contributed by atoms with E-state index in [4.69, 9.17) is 5.11 Å². The third-order valence-electron chi connectivity index (χ3n) is 4.21. The molecule has 0 aromatic heterocycles. The first-order valence-corrected chi connectivity index (χ1v) is 7.15. The molecule has 3 nitrogen and oxygen atoms in total. The Morgan fingerprint density at radius 2 is 1.90 bits per heavy atom. The zero-order valence-corrected chi connectivity index (χ0v) is 12.3. The normalized spacial score (nSPS) is 19.4. The Balaban J connectivity index is 2.00. The summed E-state index contributed by atoms with van der Waals surface area (Å²) in [4.78, 5) is 11.1. The molecule has 0 spiro atoms. The Morgan fingerprint density at radius 1 is 1.19 bits per heavy atom. The molecule has 3 heteroatoms. The van der Waals surface area contributed by atoms with E-state index in [1.165, 1.54) is 5.56 Å². The molecule has 0 amide bonds. The molecule has 2 N–H and O–H groups in total. The monoisotopic (exact) mass is 281 g/mol. The summed E-state index contributed by atoms with van der Waals surface area (Å²) < 4.78 is 0. The number of hydrogen-bond donors (Lipinski definition) is 2. The number of aromatic carboxylic acids is 1. The van der Waals surface area contributed by atoms with E-state index in [2.05, 4.69) is 43.4 Å². The van der Waals surface area contributed by atoms with Gasteiger partial charge in [0.1, 0.15) is 0 Å². The highest BCUT2D eigenvalue weighted by Gasteiger charge is 2.35. The highest BCUT2D eigenvalue weighted by molar-refractivity contribution is 5.88. The molecule has 0 aliphatic carbocycles. The Bertz CT molecular complexity index is 677. The van der Waals surface area contributed by atoms with E-state index >= 15 is 0 Å². The molecule has 0 fully saturated rings. The standard InChI is InChI=1S/C18H19NO2/c1-18(2)11-14-10-13(17(20)21)8-9-15(14)19-16(18)12-6-4-3-5-7-12/h3-10,16,19H,11H2,1-2H3,(H,20,21). The summed E-state index contributed by atoms with van der Waals surface area (Å²) in [5, 5.41) is 12.7. The zero-order chi connectivity index (χ0) is 15.0. The smallest absolute Gasteiger partial charge is 0.335 e. The molecule has 1 unspecified atom stereocenters. The maximum Gasteiger partial charge on any atom is 0.335 e. The second kappa shape index (κ2) is 4.92. The lowest BCUT2D eigenvalue weighted by Crippen LogP contribution is -2.35. The topological polar surface area (TPSA) is 49.3 Å². The van der Waals surface area contributed by atoms with Gasteiger partial charge in [0.15, 0.2) is 0 Å². The number of fused-ring (bicyclic) bond motifs is 1. The van der Waals surface area contributed by atoms with Gasteiger partial charge in [-0.05, 0) is 41.2 Å². The van der Waals surface area contributed by atoms with Crippen LogP contribution < -0.4 is 5.32 Å². The summed E-state index contributed by atoms with van der Waals surface area (Å²) in [5.74, 6) is -0.874. The first-order chi connectivity index (χ1) is 9.97. The van der Waals surface area contributed by atoms with Gasteiger partial charge in [-0.15, -0.1) is 0 Å². The summed E-state index contributed by atoms with van der Waals surface area (Å²) in [6.07, 6.45) is 0.857. The molecule has 21 heavy (non-hydrogen) atoms. The van der Waals surface area contributed by atoms with E-state index in [0.717, 1.165) is 17.7 Å². The molecule has 0 saturated heterocycles. The lowest BCUT2D eigenvalue weighted by atomic mass is 9.73. The van der Waals surface area contributed by atoms with Gasteiger partial charge in [0.25, 0.3) is 0 Å². The molecule has 1 heterocycles. The maximum atomic E-state index is 11.1. The first-order valence-electron chi connectivity index (χ1n) is 7.15. The van der Waals surface area contributed by atoms with Crippen molar-refractivity contribution in [3.63, 3.8) is 0 Å². The summed E-state index contributed by atoms with van der Waals surface area (Å²) >= 11 is 0. The van der Waals surface area contributed by atoms with E-state index in [1.54, 1.807) is 12.1 Å². The van der Waals surface area contributed by atoms with E-state index in [0.29, 0.717) is 5.56 Å². The Hall–Kier alpha value is -2.29. The lowest BCUT2D eigenvalue weighted by Gasteiger charge is -2.41. The van der Waals surface area contributed by atoms with Crippen molar-refractivity contribution in [2.75, 3.05) is 5.32 Å². The average molecular weight is 281 g/mol. The molecule has 0 bridgehead atoms. The van der Waals surface area contributed by atoms with Crippen LogP contribution in [0.25, 0.3) is 0 Å². The molecule has 1 atom stereocenters. The highest BCUT2D eigenvalue weighted by Crippen LogP contribution is 2.44. The van der Waals surface area contributed by atoms with Crippen LogP contribution in [-0.2, 0) is 6.42 Å². The van der Waals surface area contributed by atoms with Gasteiger partial charge in [-0.1, -0.05) is 44.2 Å². The quantitative estimate of drug-likeness (QED) is 0.870. The van der Waals surface area contributed by atoms with Crippen molar-refractivity contribution in [2.45, 2.75) is 26.3 Å². The lowest BCUT2D eigenvalue weighted by molar-refractivity contribution is 0.0696. The van der Waals surface area contributed by atoms with Crippen LogP contribution >= 0.6 is 0 Å². The maximum absolute atomic E-state index is 11.1. The molecule has 2 aromatic carbocycles. The van der Waals surface area contributed by atoms with Crippen molar-refractivity contribution in [2.24, 2.45) is 5.41 Å². The first kappa shape index (κ1) is 13.7. The van der Waals surface area contributed by atoms with Gasteiger partial charge in [-0.25, -0.2) is 4.79 Å². The van der Waals surface area contributed by atoms with Crippen LogP contribution in [0.2, 0.25) is 0 Å². The molecular formula is C18H19NO2. The average Bonchev–Trinajstić information content (AvgIpc) is 2.45. The zero-order valence-electron chi connectivity index (χ0n) is 12.3.